The molecule has 1 aliphatic heterocycles. The zero-order valence-corrected chi connectivity index (χ0v) is 17.7. The van der Waals surface area contributed by atoms with Gasteiger partial charge in [0.1, 0.15) is 11.9 Å². The minimum absolute atomic E-state index is 0.0423. The molecule has 7 nitrogen and oxygen atoms in total. The third kappa shape index (κ3) is 4.13. The van der Waals surface area contributed by atoms with Crippen molar-refractivity contribution >= 4 is 12.1 Å². The summed E-state index contributed by atoms with van der Waals surface area (Å²) in [7, 11) is 1.33. The Kier molecular flexibility index (Phi) is 6.25. The Bertz CT molecular complexity index is 892. The number of benzene rings is 1. The highest BCUT2D eigenvalue weighted by Gasteiger charge is 2.36. The molecule has 0 radical (unpaired) electrons. The molecule has 1 aliphatic rings. The predicted octanol–water partition coefficient (Wildman–Crippen LogP) is 3.94. The summed E-state index contributed by atoms with van der Waals surface area (Å²) < 4.78 is 12.4. The molecule has 1 fully saturated rings. The summed E-state index contributed by atoms with van der Waals surface area (Å²) in [6.07, 6.45) is 3.82. The maximum atomic E-state index is 12.7. The number of aryl methyl sites for hydroxylation is 1. The molecule has 0 bridgehead atoms. The van der Waals surface area contributed by atoms with Gasteiger partial charge in [0, 0.05) is 24.9 Å². The molecule has 1 aromatic heterocycles. The van der Waals surface area contributed by atoms with E-state index in [1.165, 1.54) is 28.7 Å². The van der Waals surface area contributed by atoms with Crippen LogP contribution in [0.3, 0.4) is 0 Å². The van der Waals surface area contributed by atoms with Crippen molar-refractivity contribution in [3.05, 3.63) is 53.1 Å². The fourth-order valence-corrected chi connectivity index (χ4v) is 3.99. The van der Waals surface area contributed by atoms with Crippen LogP contribution in [0.2, 0.25) is 0 Å². The van der Waals surface area contributed by atoms with Crippen LogP contribution in [-0.4, -0.2) is 46.2 Å². The Balaban J connectivity index is 1.77. The summed E-state index contributed by atoms with van der Waals surface area (Å²) in [5.41, 5.74) is 3.66. The van der Waals surface area contributed by atoms with Crippen molar-refractivity contribution in [2.24, 2.45) is 0 Å². The number of rotatable bonds is 5. The van der Waals surface area contributed by atoms with E-state index in [1.54, 1.807) is 6.20 Å². The molecule has 0 aliphatic carbocycles. The normalized spacial score (nSPS) is 18.4. The van der Waals surface area contributed by atoms with Crippen LogP contribution in [0.5, 0.6) is 0 Å². The summed E-state index contributed by atoms with van der Waals surface area (Å²) in [4.78, 5) is 30.6. The molecular weight excluding hydrogens is 370 g/mol. The number of aromatic nitrogens is 2. The molecule has 29 heavy (non-hydrogen) atoms. The van der Waals surface area contributed by atoms with E-state index in [1.807, 2.05) is 23.8 Å². The van der Waals surface area contributed by atoms with Crippen molar-refractivity contribution in [2.75, 3.05) is 13.7 Å². The molecule has 3 rings (SSSR count). The first-order chi connectivity index (χ1) is 13.8. The summed E-state index contributed by atoms with van der Waals surface area (Å²) >= 11 is 0. The lowest BCUT2D eigenvalue weighted by Crippen LogP contribution is -2.42. The summed E-state index contributed by atoms with van der Waals surface area (Å²) in [6, 6.07) is 5.67. The van der Waals surface area contributed by atoms with Gasteiger partial charge in [-0.2, -0.15) is 0 Å². The van der Waals surface area contributed by atoms with Crippen molar-refractivity contribution in [3.63, 3.8) is 0 Å². The minimum Gasteiger partial charge on any atom is -0.467 e. The van der Waals surface area contributed by atoms with Gasteiger partial charge in [-0.15, -0.1) is 0 Å². The molecule has 3 atom stereocenters. The van der Waals surface area contributed by atoms with Gasteiger partial charge in [-0.05, 0) is 50.3 Å². The van der Waals surface area contributed by atoms with Crippen molar-refractivity contribution in [1.29, 1.82) is 0 Å². The highest BCUT2D eigenvalue weighted by molar-refractivity contribution is 5.82. The van der Waals surface area contributed by atoms with E-state index in [2.05, 4.69) is 37.9 Å². The second-order valence-corrected chi connectivity index (χ2v) is 7.56. The quantitative estimate of drug-likeness (QED) is 0.712. The van der Waals surface area contributed by atoms with E-state index >= 15 is 0 Å². The number of nitrogens with zero attached hydrogens (tertiary/aromatic N) is 3. The molecule has 2 unspecified atom stereocenters. The van der Waals surface area contributed by atoms with Crippen LogP contribution >= 0.6 is 0 Å². The number of imidazole rings is 1. The maximum absolute atomic E-state index is 12.7. The molecule has 1 saturated heterocycles. The Morgan fingerprint density at radius 2 is 2.00 bits per heavy atom. The van der Waals surface area contributed by atoms with Gasteiger partial charge in [-0.3, -0.25) is 9.47 Å². The molecule has 0 spiro atoms. The van der Waals surface area contributed by atoms with Gasteiger partial charge in [0.25, 0.3) is 0 Å². The van der Waals surface area contributed by atoms with Crippen LogP contribution in [0.1, 0.15) is 61.3 Å². The fourth-order valence-electron chi connectivity index (χ4n) is 3.99. The number of esters is 1. The maximum Gasteiger partial charge on any atom is 0.412 e. The Morgan fingerprint density at radius 1 is 1.24 bits per heavy atom. The third-order valence-electron chi connectivity index (χ3n) is 5.82. The number of hydrogen-bond donors (Lipinski definition) is 0. The average Bonchev–Trinajstić information content (AvgIpc) is 3.38. The van der Waals surface area contributed by atoms with Crippen LogP contribution in [-0.2, 0) is 14.3 Å². The zero-order valence-electron chi connectivity index (χ0n) is 17.7. The predicted molar refractivity (Wildman–Crippen MR) is 109 cm³/mol. The van der Waals surface area contributed by atoms with E-state index in [0.717, 1.165) is 12.2 Å². The van der Waals surface area contributed by atoms with Crippen LogP contribution in [0.25, 0.3) is 0 Å². The summed E-state index contributed by atoms with van der Waals surface area (Å²) in [6.45, 7) is 8.60. The second kappa shape index (κ2) is 8.68. The number of carbonyl (C=O) groups excluding carboxylic acids is 2. The Hall–Kier alpha value is -2.83. The minimum atomic E-state index is -0.573. The summed E-state index contributed by atoms with van der Waals surface area (Å²) in [5, 5.41) is 0. The summed E-state index contributed by atoms with van der Waals surface area (Å²) in [5.74, 6) is 0.463. The highest BCUT2D eigenvalue weighted by Crippen LogP contribution is 2.29. The first kappa shape index (κ1) is 20.9. The van der Waals surface area contributed by atoms with Gasteiger partial charge < -0.3 is 9.47 Å². The number of amides is 1. The van der Waals surface area contributed by atoms with Gasteiger partial charge in [-0.1, -0.05) is 25.1 Å². The van der Waals surface area contributed by atoms with Gasteiger partial charge in [-0.25, -0.2) is 14.6 Å². The van der Waals surface area contributed by atoms with Crippen LogP contribution in [0, 0.1) is 13.8 Å². The number of methoxy groups -OCH3 is 1. The van der Waals surface area contributed by atoms with Crippen molar-refractivity contribution in [2.45, 2.75) is 58.7 Å². The van der Waals surface area contributed by atoms with E-state index in [4.69, 9.17) is 9.47 Å². The molecule has 2 aromatic rings. The van der Waals surface area contributed by atoms with Gasteiger partial charge >= 0.3 is 12.1 Å². The molecule has 2 heterocycles. The van der Waals surface area contributed by atoms with Gasteiger partial charge in [0.05, 0.1) is 7.11 Å². The van der Waals surface area contributed by atoms with E-state index in [9.17, 15) is 9.59 Å². The van der Waals surface area contributed by atoms with Crippen LogP contribution in [0.15, 0.2) is 30.6 Å². The van der Waals surface area contributed by atoms with Gasteiger partial charge in [0.2, 0.25) is 0 Å². The molecule has 156 valence electrons. The number of carbonyl (C=O) groups is 2. The van der Waals surface area contributed by atoms with Crippen molar-refractivity contribution < 1.29 is 19.1 Å². The number of likely N-dealkylation sites (tertiary alicyclic amines) is 1. The number of ether oxygens (including phenoxy) is 2. The lowest BCUT2D eigenvalue weighted by atomic mass is 9.93. The molecule has 0 N–H and O–H groups in total. The van der Waals surface area contributed by atoms with Crippen LogP contribution in [0.4, 0.5) is 4.79 Å². The molecule has 1 aromatic carbocycles. The SMILES string of the molecule is COC(=O)[C@@H]1CCCN1C(=O)OC(C)n1ccnc1C(C)c1cccc(C)c1C. The van der Waals surface area contributed by atoms with Gasteiger partial charge in [0.15, 0.2) is 6.23 Å². The topological polar surface area (TPSA) is 73.7 Å². The third-order valence-corrected chi connectivity index (χ3v) is 5.82. The lowest BCUT2D eigenvalue weighted by Gasteiger charge is -2.26. The first-order valence-electron chi connectivity index (χ1n) is 9.99. The van der Waals surface area contributed by atoms with E-state index in [-0.39, 0.29) is 5.92 Å². The molecule has 1 amide bonds. The monoisotopic (exact) mass is 399 g/mol. The van der Waals surface area contributed by atoms with Crippen LogP contribution < -0.4 is 0 Å². The standard InChI is InChI=1S/C22H29N3O4/c1-14-8-6-9-18(15(14)2)16(3)20-23-11-13-24(20)17(4)29-22(27)25-12-7-10-19(25)21(26)28-5/h6,8-9,11,13,16-17,19H,7,10,12H2,1-5H3/t16?,17?,19-/m0/s1. The Labute approximate surface area is 171 Å². The molecule has 0 saturated carbocycles. The van der Waals surface area contributed by atoms with E-state index in [0.29, 0.717) is 13.0 Å². The van der Waals surface area contributed by atoms with E-state index < -0.39 is 24.3 Å². The molecular formula is C22H29N3O4. The largest absolute Gasteiger partial charge is 0.467 e. The highest BCUT2D eigenvalue weighted by atomic mass is 16.6. The molecule has 7 heteroatoms. The smallest absolute Gasteiger partial charge is 0.412 e. The average molecular weight is 399 g/mol. The first-order valence-corrected chi connectivity index (χ1v) is 9.99. The Morgan fingerprint density at radius 3 is 2.72 bits per heavy atom. The second-order valence-electron chi connectivity index (χ2n) is 7.56. The number of hydrogen-bond acceptors (Lipinski definition) is 5. The fraction of sp³-hybridized carbons (Fsp3) is 0.500. The van der Waals surface area contributed by atoms with Crippen molar-refractivity contribution in [1.82, 2.24) is 14.5 Å². The van der Waals surface area contributed by atoms with Crippen molar-refractivity contribution in [3.8, 4) is 0 Å². The zero-order chi connectivity index (χ0) is 21.1. The lowest BCUT2D eigenvalue weighted by molar-refractivity contribution is -0.145.